The number of unbranched alkanes of at least 4 members (excludes halogenated alkanes) is 2. The van der Waals surface area contributed by atoms with Gasteiger partial charge in [0.05, 0.1) is 4.47 Å². The standard InChI is InChI=1S/C12H18BrFN2O2S/c1-3-4-5-6-16(2)19(17,18)11-8-9(15)7-10(13)12(11)14/h7-8H,3-6,15H2,1-2H3. The summed E-state index contributed by atoms with van der Waals surface area (Å²) in [6.45, 7) is 2.39. The molecule has 108 valence electrons. The van der Waals surface area contributed by atoms with Crippen molar-refractivity contribution < 1.29 is 12.8 Å². The van der Waals surface area contributed by atoms with Crippen LogP contribution in [-0.4, -0.2) is 26.3 Å². The Kier molecular flexibility index (Phi) is 5.76. The van der Waals surface area contributed by atoms with Crippen LogP contribution in [0.2, 0.25) is 0 Å². The van der Waals surface area contributed by atoms with Crippen LogP contribution in [0.1, 0.15) is 26.2 Å². The molecule has 0 amide bonds. The minimum absolute atomic E-state index is 0.0491. The Hall–Kier alpha value is -0.660. The van der Waals surface area contributed by atoms with Crippen molar-refractivity contribution in [1.29, 1.82) is 0 Å². The zero-order chi connectivity index (χ0) is 14.6. The summed E-state index contributed by atoms with van der Waals surface area (Å²) in [5, 5.41) is 0. The van der Waals surface area contributed by atoms with Crippen molar-refractivity contribution >= 4 is 31.6 Å². The van der Waals surface area contributed by atoms with Gasteiger partial charge in [0.25, 0.3) is 0 Å². The van der Waals surface area contributed by atoms with E-state index in [1.165, 1.54) is 13.1 Å². The van der Waals surface area contributed by atoms with E-state index in [4.69, 9.17) is 5.73 Å². The van der Waals surface area contributed by atoms with Gasteiger partial charge in [-0.25, -0.2) is 17.1 Å². The van der Waals surface area contributed by atoms with Crippen LogP contribution in [0, 0.1) is 5.82 Å². The number of halogens is 2. The molecule has 0 heterocycles. The number of hydrogen-bond acceptors (Lipinski definition) is 3. The molecule has 0 spiro atoms. The van der Waals surface area contributed by atoms with Crippen molar-refractivity contribution in [3.05, 3.63) is 22.4 Å². The third-order valence-electron chi connectivity index (χ3n) is 2.78. The summed E-state index contributed by atoms with van der Waals surface area (Å²) in [7, 11) is -2.40. The highest BCUT2D eigenvalue weighted by atomic mass is 79.9. The summed E-state index contributed by atoms with van der Waals surface area (Å²) >= 11 is 2.96. The van der Waals surface area contributed by atoms with Crippen molar-refractivity contribution in [2.45, 2.75) is 31.1 Å². The van der Waals surface area contributed by atoms with Gasteiger partial charge < -0.3 is 5.73 Å². The van der Waals surface area contributed by atoms with Gasteiger partial charge >= 0.3 is 0 Å². The molecule has 0 unspecified atom stereocenters. The number of benzene rings is 1. The van der Waals surface area contributed by atoms with Crippen molar-refractivity contribution in [2.24, 2.45) is 0 Å². The first kappa shape index (κ1) is 16.4. The van der Waals surface area contributed by atoms with Crippen LogP contribution in [0.5, 0.6) is 0 Å². The summed E-state index contributed by atoms with van der Waals surface area (Å²) in [5.41, 5.74) is 5.77. The van der Waals surface area contributed by atoms with Gasteiger partial charge in [-0.3, -0.25) is 0 Å². The van der Waals surface area contributed by atoms with E-state index >= 15 is 0 Å². The maximum Gasteiger partial charge on any atom is 0.245 e. The number of nitrogens with zero attached hydrogens (tertiary/aromatic N) is 1. The smallest absolute Gasteiger partial charge is 0.245 e. The molecule has 0 saturated heterocycles. The summed E-state index contributed by atoms with van der Waals surface area (Å²) in [6.07, 6.45) is 2.67. The van der Waals surface area contributed by atoms with E-state index in [2.05, 4.69) is 15.9 Å². The Labute approximate surface area is 122 Å². The number of nitrogens with two attached hydrogens (primary N) is 1. The predicted molar refractivity (Wildman–Crippen MR) is 77.9 cm³/mol. The first-order valence-electron chi connectivity index (χ1n) is 6.01. The van der Waals surface area contributed by atoms with E-state index in [1.54, 1.807) is 0 Å². The Morgan fingerprint density at radius 2 is 2.00 bits per heavy atom. The largest absolute Gasteiger partial charge is 0.399 e. The molecule has 0 aromatic heterocycles. The Balaban J connectivity index is 3.06. The van der Waals surface area contributed by atoms with Crippen LogP contribution in [0.15, 0.2) is 21.5 Å². The van der Waals surface area contributed by atoms with Gasteiger partial charge in [0, 0.05) is 19.3 Å². The topological polar surface area (TPSA) is 63.4 Å². The maximum atomic E-state index is 13.9. The number of rotatable bonds is 6. The monoisotopic (exact) mass is 352 g/mol. The molecular weight excluding hydrogens is 335 g/mol. The van der Waals surface area contributed by atoms with Crippen LogP contribution in [0.4, 0.5) is 10.1 Å². The van der Waals surface area contributed by atoms with Gasteiger partial charge in [-0.2, -0.15) is 0 Å². The fourth-order valence-electron chi connectivity index (χ4n) is 1.64. The van der Waals surface area contributed by atoms with Crippen LogP contribution in [0.25, 0.3) is 0 Å². The molecule has 1 rings (SSSR count). The lowest BCUT2D eigenvalue weighted by molar-refractivity contribution is 0.448. The maximum absolute atomic E-state index is 13.9. The normalized spacial score (nSPS) is 12.1. The second-order valence-corrected chi connectivity index (χ2v) is 7.22. The third-order valence-corrected chi connectivity index (χ3v) is 5.22. The Morgan fingerprint density at radius 1 is 1.37 bits per heavy atom. The van der Waals surface area contributed by atoms with E-state index in [0.29, 0.717) is 6.54 Å². The highest BCUT2D eigenvalue weighted by Gasteiger charge is 2.25. The Bertz CT molecular complexity index is 549. The molecule has 1 aromatic rings. The number of hydrogen-bond donors (Lipinski definition) is 1. The second kappa shape index (κ2) is 6.67. The van der Waals surface area contributed by atoms with Crippen LogP contribution < -0.4 is 5.73 Å². The average molecular weight is 353 g/mol. The zero-order valence-corrected chi connectivity index (χ0v) is 13.4. The number of sulfonamides is 1. The fourth-order valence-corrected chi connectivity index (χ4v) is 3.58. The molecule has 0 aliphatic heterocycles. The molecule has 0 saturated carbocycles. The van der Waals surface area contributed by atoms with Gasteiger partial charge in [0.15, 0.2) is 5.82 Å². The number of nitrogen functional groups attached to an aromatic ring is 1. The van der Waals surface area contributed by atoms with Crippen molar-refractivity contribution in [1.82, 2.24) is 4.31 Å². The minimum atomic E-state index is -3.85. The summed E-state index contributed by atoms with van der Waals surface area (Å²) in [4.78, 5) is -0.390. The molecule has 1 aromatic carbocycles. The van der Waals surface area contributed by atoms with Crippen LogP contribution in [-0.2, 0) is 10.0 Å². The molecule has 4 nitrogen and oxygen atoms in total. The molecule has 19 heavy (non-hydrogen) atoms. The van der Waals surface area contributed by atoms with Gasteiger partial charge in [0.1, 0.15) is 4.90 Å². The van der Waals surface area contributed by atoms with E-state index in [-0.39, 0.29) is 10.2 Å². The van der Waals surface area contributed by atoms with Crippen molar-refractivity contribution in [3.8, 4) is 0 Å². The Morgan fingerprint density at radius 3 is 2.58 bits per heavy atom. The summed E-state index contributed by atoms with van der Waals surface area (Å²) in [6, 6.07) is 2.48. The highest BCUT2D eigenvalue weighted by Crippen LogP contribution is 2.27. The van der Waals surface area contributed by atoms with E-state index in [1.807, 2.05) is 6.92 Å². The quantitative estimate of drug-likeness (QED) is 0.632. The lowest BCUT2D eigenvalue weighted by Gasteiger charge is -2.18. The molecule has 7 heteroatoms. The predicted octanol–water partition coefficient (Wildman–Crippen LogP) is 2.98. The first-order chi connectivity index (χ1) is 8.80. The molecular formula is C12H18BrFN2O2S. The lowest BCUT2D eigenvalue weighted by atomic mass is 10.2. The van der Waals surface area contributed by atoms with E-state index in [0.717, 1.165) is 29.6 Å². The summed E-state index contributed by atoms with van der Waals surface area (Å²) < 4.78 is 39.6. The van der Waals surface area contributed by atoms with E-state index in [9.17, 15) is 12.8 Å². The lowest BCUT2D eigenvalue weighted by Crippen LogP contribution is -2.28. The molecule has 0 aliphatic carbocycles. The zero-order valence-electron chi connectivity index (χ0n) is 11.0. The molecule has 0 bridgehead atoms. The third kappa shape index (κ3) is 3.90. The molecule has 0 atom stereocenters. The number of anilines is 1. The van der Waals surface area contributed by atoms with Gasteiger partial charge in [-0.15, -0.1) is 0 Å². The van der Waals surface area contributed by atoms with Crippen molar-refractivity contribution in [2.75, 3.05) is 19.3 Å². The first-order valence-corrected chi connectivity index (χ1v) is 8.24. The highest BCUT2D eigenvalue weighted by molar-refractivity contribution is 9.10. The fraction of sp³-hybridized carbons (Fsp3) is 0.500. The SMILES string of the molecule is CCCCCN(C)S(=O)(=O)c1cc(N)cc(Br)c1F. The average Bonchev–Trinajstić information content (AvgIpc) is 2.33. The van der Waals surface area contributed by atoms with Crippen molar-refractivity contribution in [3.63, 3.8) is 0 Å². The summed E-state index contributed by atoms with van der Waals surface area (Å²) in [5.74, 6) is -0.809. The molecule has 2 N–H and O–H groups in total. The molecule has 0 radical (unpaired) electrons. The second-order valence-electron chi connectivity index (χ2n) is 4.35. The van der Waals surface area contributed by atoms with Gasteiger partial charge in [-0.05, 0) is 34.5 Å². The van der Waals surface area contributed by atoms with Crippen LogP contribution >= 0.6 is 15.9 Å². The molecule has 0 fully saturated rings. The molecule has 0 aliphatic rings. The van der Waals surface area contributed by atoms with Crippen LogP contribution in [0.3, 0.4) is 0 Å². The van der Waals surface area contributed by atoms with Gasteiger partial charge in [0.2, 0.25) is 10.0 Å². The minimum Gasteiger partial charge on any atom is -0.399 e. The van der Waals surface area contributed by atoms with Gasteiger partial charge in [-0.1, -0.05) is 19.8 Å². The van der Waals surface area contributed by atoms with E-state index < -0.39 is 20.7 Å².